The molecule has 0 radical (unpaired) electrons. The van der Waals surface area contributed by atoms with E-state index in [0.29, 0.717) is 0 Å². The molecule has 3 aromatic rings. The van der Waals surface area contributed by atoms with Crippen molar-refractivity contribution in [1.29, 1.82) is 0 Å². The summed E-state index contributed by atoms with van der Waals surface area (Å²) in [6.45, 7) is 2.01. The van der Waals surface area contributed by atoms with Gasteiger partial charge in [-0.2, -0.15) is 0 Å². The minimum absolute atomic E-state index is 0.137. The fraction of sp³-hybridized carbons (Fsp3) is 0.143. The van der Waals surface area contributed by atoms with Crippen molar-refractivity contribution >= 4 is 17.9 Å². The van der Waals surface area contributed by atoms with Gasteiger partial charge in [0.15, 0.2) is 0 Å². The molecule has 128 valence electrons. The van der Waals surface area contributed by atoms with Crippen LogP contribution in [-0.4, -0.2) is 7.11 Å². The van der Waals surface area contributed by atoms with Crippen molar-refractivity contribution in [3.8, 4) is 5.75 Å². The molecular formula is C21H22NO2P. The van der Waals surface area contributed by atoms with Crippen LogP contribution >= 0.6 is 7.29 Å². The van der Waals surface area contributed by atoms with Crippen LogP contribution in [0.5, 0.6) is 5.75 Å². The second-order valence-corrected chi connectivity index (χ2v) is 8.38. The molecular weight excluding hydrogens is 329 g/mol. The highest BCUT2D eigenvalue weighted by molar-refractivity contribution is 7.76. The van der Waals surface area contributed by atoms with E-state index >= 15 is 0 Å². The first-order chi connectivity index (χ1) is 12.1. The lowest BCUT2D eigenvalue weighted by Crippen LogP contribution is -2.29. The number of para-hydroxylation sites is 1. The molecule has 0 amide bonds. The first-order valence-electron chi connectivity index (χ1n) is 8.27. The Bertz CT molecular complexity index is 822. The monoisotopic (exact) mass is 351 g/mol. The predicted molar refractivity (Wildman–Crippen MR) is 104 cm³/mol. The molecule has 0 unspecified atom stereocenters. The Morgan fingerprint density at radius 1 is 0.800 bits per heavy atom. The van der Waals surface area contributed by atoms with E-state index in [9.17, 15) is 4.57 Å². The van der Waals surface area contributed by atoms with E-state index in [1.807, 2.05) is 91.9 Å². The molecule has 0 saturated carbocycles. The van der Waals surface area contributed by atoms with E-state index in [4.69, 9.17) is 4.74 Å². The molecule has 4 heteroatoms. The number of ether oxygens (including phenoxy) is 1. The van der Waals surface area contributed by atoms with Gasteiger partial charge in [0.05, 0.1) is 7.11 Å². The number of hydrogen-bond donors (Lipinski definition) is 1. The number of methoxy groups -OCH3 is 1. The van der Waals surface area contributed by atoms with E-state index in [1.54, 1.807) is 7.11 Å². The van der Waals surface area contributed by atoms with Gasteiger partial charge in [-0.15, -0.1) is 0 Å². The molecule has 0 saturated heterocycles. The molecule has 0 aliphatic heterocycles. The molecule has 0 spiro atoms. The zero-order valence-corrected chi connectivity index (χ0v) is 15.3. The fourth-order valence-electron chi connectivity index (χ4n) is 2.94. The minimum atomic E-state index is -2.98. The molecule has 3 aromatic carbocycles. The molecule has 3 rings (SSSR count). The Balaban J connectivity index is 2.03. The van der Waals surface area contributed by atoms with Gasteiger partial charge < -0.3 is 4.74 Å². The Hall–Kier alpha value is -2.35. The minimum Gasteiger partial charge on any atom is -0.496 e. The summed E-state index contributed by atoms with van der Waals surface area (Å²) in [5, 5.41) is 4.98. The molecule has 0 fully saturated rings. The van der Waals surface area contributed by atoms with E-state index < -0.39 is 7.29 Å². The Labute approximate surface area is 149 Å². The van der Waals surface area contributed by atoms with Crippen LogP contribution in [-0.2, 0) is 4.57 Å². The summed E-state index contributed by atoms with van der Waals surface area (Å²) in [5.41, 5.74) is 0.983. The van der Waals surface area contributed by atoms with Crippen molar-refractivity contribution in [2.75, 3.05) is 7.11 Å². The summed E-state index contributed by atoms with van der Waals surface area (Å²) in [6.07, 6.45) is 0. The average molecular weight is 351 g/mol. The third-order valence-corrected chi connectivity index (χ3v) is 7.02. The fourth-order valence-corrected chi connectivity index (χ4v) is 5.41. The van der Waals surface area contributed by atoms with Gasteiger partial charge in [0.1, 0.15) is 5.75 Å². The van der Waals surface area contributed by atoms with Crippen molar-refractivity contribution in [2.24, 2.45) is 0 Å². The SMILES string of the molecule is COc1ccccc1[C@H](C)NP(=O)(c1ccccc1)c1ccccc1. The lowest BCUT2D eigenvalue weighted by atomic mass is 10.1. The first-order valence-corrected chi connectivity index (χ1v) is 9.98. The maximum absolute atomic E-state index is 14.0. The van der Waals surface area contributed by atoms with E-state index in [-0.39, 0.29) is 6.04 Å². The number of benzene rings is 3. The molecule has 0 aromatic heterocycles. The molecule has 1 atom stereocenters. The zero-order chi connectivity index (χ0) is 17.7. The van der Waals surface area contributed by atoms with E-state index in [2.05, 4.69) is 5.09 Å². The van der Waals surface area contributed by atoms with Crippen LogP contribution in [0.4, 0.5) is 0 Å². The summed E-state index contributed by atoms with van der Waals surface area (Å²) in [6, 6.07) is 26.9. The third-order valence-electron chi connectivity index (χ3n) is 4.22. The van der Waals surface area contributed by atoms with Gasteiger partial charge in [0.2, 0.25) is 7.29 Å². The van der Waals surface area contributed by atoms with Crippen molar-refractivity contribution in [2.45, 2.75) is 13.0 Å². The lowest BCUT2D eigenvalue weighted by molar-refractivity contribution is 0.405. The predicted octanol–water partition coefficient (Wildman–Crippen LogP) is 4.27. The highest BCUT2D eigenvalue weighted by Gasteiger charge is 2.29. The molecule has 0 aliphatic carbocycles. The van der Waals surface area contributed by atoms with Crippen LogP contribution in [0.1, 0.15) is 18.5 Å². The Kier molecular flexibility index (Phi) is 5.37. The summed E-state index contributed by atoms with van der Waals surface area (Å²) in [7, 11) is -1.33. The van der Waals surface area contributed by atoms with E-state index in [0.717, 1.165) is 21.9 Å². The standard InChI is InChI=1S/C21H22NO2P/c1-17(20-15-9-10-16-21(20)24-2)22-25(23,18-11-5-3-6-12-18)19-13-7-4-8-14-19/h3-17H,1-2H3,(H,22,23)/t17-/m0/s1. The highest BCUT2D eigenvalue weighted by atomic mass is 31.2. The van der Waals surface area contributed by atoms with Gasteiger partial charge in [-0.25, -0.2) is 0 Å². The van der Waals surface area contributed by atoms with Crippen LogP contribution in [0.3, 0.4) is 0 Å². The van der Waals surface area contributed by atoms with Crippen molar-refractivity contribution in [1.82, 2.24) is 5.09 Å². The second-order valence-electron chi connectivity index (χ2n) is 5.87. The Morgan fingerprint density at radius 2 is 1.28 bits per heavy atom. The van der Waals surface area contributed by atoms with Crippen LogP contribution < -0.4 is 20.4 Å². The molecule has 3 nitrogen and oxygen atoms in total. The summed E-state index contributed by atoms with van der Waals surface area (Å²) >= 11 is 0. The van der Waals surface area contributed by atoms with Crippen LogP contribution in [0, 0.1) is 0 Å². The van der Waals surface area contributed by atoms with Gasteiger partial charge in [0, 0.05) is 22.2 Å². The van der Waals surface area contributed by atoms with Crippen LogP contribution in [0.25, 0.3) is 0 Å². The molecule has 0 bridgehead atoms. The number of rotatable bonds is 6. The second kappa shape index (κ2) is 7.69. The normalized spacial score (nSPS) is 12.6. The first kappa shape index (κ1) is 17.5. The zero-order valence-electron chi connectivity index (χ0n) is 14.4. The Morgan fingerprint density at radius 3 is 1.80 bits per heavy atom. The number of hydrogen-bond acceptors (Lipinski definition) is 2. The summed E-state index contributed by atoms with van der Waals surface area (Å²) in [4.78, 5) is 0. The average Bonchev–Trinajstić information content (AvgIpc) is 2.69. The molecule has 1 N–H and O–H groups in total. The molecule has 25 heavy (non-hydrogen) atoms. The highest BCUT2D eigenvalue weighted by Crippen LogP contribution is 2.42. The maximum atomic E-state index is 14.0. The third kappa shape index (κ3) is 3.68. The smallest absolute Gasteiger partial charge is 0.205 e. The van der Waals surface area contributed by atoms with Crippen molar-refractivity contribution in [3.63, 3.8) is 0 Å². The van der Waals surface area contributed by atoms with Crippen LogP contribution in [0.15, 0.2) is 84.9 Å². The maximum Gasteiger partial charge on any atom is 0.205 e. The lowest BCUT2D eigenvalue weighted by Gasteiger charge is -2.26. The van der Waals surface area contributed by atoms with Gasteiger partial charge in [0.25, 0.3) is 0 Å². The number of nitrogens with one attached hydrogen (secondary N) is 1. The quantitative estimate of drug-likeness (QED) is 0.674. The summed E-state index contributed by atoms with van der Waals surface area (Å²) in [5.74, 6) is 0.787. The topological polar surface area (TPSA) is 38.3 Å². The van der Waals surface area contributed by atoms with Gasteiger partial charge >= 0.3 is 0 Å². The van der Waals surface area contributed by atoms with Gasteiger partial charge in [-0.1, -0.05) is 54.6 Å². The molecule has 0 heterocycles. The molecule has 0 aliphatic rings. The van der Waals surface area contributed by atoms with Gasteiger partial charge in [-0.3, -0.25) is 9.65 Å². The van der Waals surface area contributed by atoms with Crippen molar-refractivity contribution < 1.29 is 9.30 Å². The largest absolute Gasteiger partial charge is 0.496 e. The van der Waals surface area contributed by atoms with Gasteiger partial charge in [-0.05, 0) is 37.3 Å². The summed E-state index contributed by atoms with van der Waals surface area (Å²) < 4.78 is 19.5. The van der Waals surface area contributed by atoms with Crippen molar-refractivity contribution in [3.05, 3.63) is 90.5 Å². The van der Waals surface area contributed by atoms with E-state index in [1.165, 1.54) is 0 Å². The van der Waals surface area contributed by atoms with Crippen LogP contribution in [0.2, 0.25) is 0 Å².